The van der Waals surface area contributed by atoms with Crippen LogP contribution < -0.4 is 26.8 Å². The minimum absolute atomic E-state index is 0.173. The fourth-order valence-corrected chi connectivity index (χ4v) is 6.91. The number of aromatic nitrogens is 2. The lowest BCUT2D eigenvalue weighted by molar-refractivity contribution is -0.125. The highest BCUT2D eigenvalue weighted by Crippen LogP contribution is 2.61. The van der Waals surface area contributed by atoms with Crippen molar-refractivity contribution in [1.82, 2.24) is 20.4 Å². The van der Waals surface area contributed by atoms with Crippen molar-refractivity contribution in [3.63, 3.8) is 0 Å². The maximum Gasteiger partial charge on any atom is 0.404 e. The molecule has 5 rings (SSSR count). The zero-order chi connectivity index (χ0) is 28.6. The number of nitrogens with zero attached hydrogens (tertiary/aromatic N) is 2. The van der Waals surface area contributed by atoms with E-state index < -0.39 is 29.0 Å². The summed E-state index contributed by atoms with van der Waals surface area (Å²) < 4.78 is 12.7. The van der Waals surface area contributed by atoms with E-state index in [1.54, 1.807) is 19.9 Å². The molecule has 1 aromatic rings. The van der Waals surface area contributed by atoms with E-state index in [0.717, 1.165) is 38.5 Å². The summed E-state index contributed by atoms with van der Waals surface area (Å²) in [5.41, 5.74) is 8.98. The van der Waals surface area contributed by atoms with Gasteiger partial charge in [0.2, 0.25) is 11.8 Å². The molecule has 12 heteroatoms. The Morgan fingerprint density at radius 1 is 1.18 bits per heavy atom. The van der Waals surface area contributed by atoms with Gasteiger partial charge in [-0.25, -0.2) is 14.3 Å². The van der Waals surface area contributed by atoms with Crippen molar-refractivity contribution in [2.75, 3.05) is 13.2 Å². The number of nitrogens with one attached hydrogen (secondary N) is 2. The zero-order valence-electron chi connectivity index (χ0n) is 23.1. The molecule has 0 aromatic carbocycles. The number of hydrogen-bond donors (Lipinski definition) is 4. The second-order valence-corrected chi connectivity index (χ2v) is 12.7. The summed E-state index contributed by atoms with van der Waals surface area (Å²) in [6, 6.07) is -0.937. The fourth-order valence-electron chi connectivity index (χ4n) is 6.91. The standard InChI is InChI=1S/C27H40N6O6/c1-16(2)13-38-21-19(12-30-33(21)6-5-25(3,4)22(35)31-23(28)36)20(34)32-27-10-17-7-18(11-27)9-26(8-17,14-27)15-39-24(29)37/h5-6,12,16-18H,7-11,13-15H2,1-4H3,(H2,29,37)(H,32,34)(H3,28,31,35,36)/b6-5+. The topological polar surface area (TPSA) is 181 Å². The molecule has 4 saturated carbocycles. The number of ether oxygens (including phenoxy) is 2. The molecule has 4 aliphatic rings. The number of imide groups is 1. The normalized spacial score (nSPS) is 27.5. The van der Waals surface area contributed by atoms with Crippen molar-refractivity contribution in [2.45, 2.75) is 71.8 Å². The summed E-state index contributed by atoms with van der Waals surface area (Å²) in [5, 5.41) is 9.74. The average molecular weight is 545 g/mol. The van der Waals surface area contributed by atoms with Crippen LogP contribution in [0.4, 0.5) is 9.59 Å². The van der Waals surface area contributed by atoms with E-state index in [4.69, 9.17) is 20.9 Å². The third kappa shape index (κ3) is 6.36. The maximum absolute atomic E-state index is 13.7. The Morgan fingerprint density at radius 2 is 1.85 bits per heavy atom. The van der Waals surface area contributed by atoms with Crippen molar-refractivity contribution < 1.29 is 28.7 Å². The molecule has 0 saturated heterocycles. The van der Waals surface area contributed by atoms with Crippen LogP contribution in [-0.4, -0.2) is 52.5 Å². The van der Waals surface area contributed by atoms with Gasteiger partial charge in [-0.05, 0) is 70.1 Å². The van der Waals surface area contributed by atoms with Crippen LogP contribution in [-0.2, 0) is 9.53 Å². The summed E-state index contributed by atoms with van der Waals surface area (Å²) in [6.07, 6.45) is 9.34. The lowest BCUT2D eigenvalue weighted by Crippen LogP contribution is -2.64. The molecular formula is C27H40N6O6. The lowest BCUT2D eigenvalue weighted by atomic mass is 9.47. The Kier molecular flexibility index (Phi) is 7.68. The van der Waals surface area contributed by atoms with Crippen LogP contribution in [0.1, 0.15) is 76.6 Å². The lowest BCUT2D eigenvalue weighted by Gasteiger charge is -2.61. The summed E-state index contributed by atoms with van der Waals surface area (Å²) in [4.78, 5) is 48.5. The van der Waals surface area contributed by atoms with Gasteiger partial charge in [0.15, 0.2) is 0 Å². The summed E-state index contributed by atoms with van der Waals surface area (Å²) >= 11 is 0. The van der Waals surface area contributed by atoms with Crippen LogP contribution in [0, 0.1) is 28.6 Å². The molecular weight excluding hydrogens is 504 g/mol. The number of rotatable bonds is 10. The largest absolute Gasteiger partial charge is 0.477 e. The monoisotopic (exact) mass is 544 g/mol. The molecule has 39 heavy (non-hydrogen) atoms. The predicted octanol–water partition coefficient (Wildman–Crippen LogP) is 2.77. The second-order valence-electron chi connectivity index (χ2n) is 12.7. The quantitative estimate of drug-likeness (QED) is 0.349. The molecule has 0 spiro atoms. The molecule has 214 valence electrons. The van der Waals surface area contributed by atoms with Crippen molar-refractivity contribution in [3.8, 4) is 5.88 Å². The molecule has 6 N–H and O–H groups in total. The van der Waals surface area contributed by atoms with E-state index in [9.17, 15) is 19.2 Å². The van der Waals surface area contributed by atoms with Crippen molar-refractivity contribution in [2.24, 2.45) is 40.1 Å². The van der Waals surface area contributed by atoms with Crippen molar-refractivity contribution in [1.29, 1.82) is 0 Å². The molecule has 1 aromatic heterocycles. The van der Waals surface area contributed by atoms with Gasteiger partial charge in [-0.15, -0.1) is 0 Å². The van der Waals surface area contributed by atoms with Gasteiger partial charge >= 0.3 is 12.1 Å². The van der Waals surface area contributed by atoms with E-state index in [0.29, 0.717) is 18.4 Å². The van der Waals surface area contributed by atoms with E-state index >= 15 is 0 Å². The summed E-state index contributed by atoms with van der Waals surface area (Å²) in [6.45, 7) is 7.87. The van der Waals surface area contributed by atoms with Gasteiger partial charge in [-0.1, -0.05) is 19.9 Å². The molecule has 4 bridgehead atoms. The first kappa shape index (κ1) is 28.4. The Morgan fingerprint density at radius 3 is 2.44 bits per heavy atom. The molecule has 1 heterocycles. The number of nitrogens with two attached hydrogens (primary N) is 2. The van der Waals surface area contributed by atoms with E-state index in [1.807, 2.05) is 13.8 Å². The number of amides is 5. The van der Waals surface area contributed by atoms with Gasteiger partial charge in [0, 0.05) is 17.2 Å². The SMILES string of the molecule is CC(C)COc1c(C(=O)NC23CC4CC(CC(COC(N)=O)(C4)C2)C3)cnn1/C=C/C(C)(C)C(=O)NC(N)=O. The van der Waals surface area contributed by atoms with Crippen LogP contribution in [0.5, 0.6) is 5.88 Å². The first-order chi connectivity index (χ1) is 18.2. The number of carbonyl (C=O) groups excluding carboxylic acids is 4. The highest BCUT2D eigenvalue weighted by molar-refractivity contribution is 5.98. The molecule has 5 amide bonds. The number of carbonyl (C=O) groups is 4. The highest BCUT2D eigenvalue weighted by atomic mass is 16.5. The van der Waals surface area contributed by atoms with Crippen LogP contribution >= 0.6 is 0 Å². The summed E-state index contributed by atoms with van der Waals surface area (Å²) in [5.74, 6) is 0.516. The van der Waals surface area contributed by atoms with Crippen LogP contribution in [0.15, 0.2) is 12.3 Å². The first-order valence-corrected chi connectivity index (χ1v) is 13.5. The van der Waals surface area contributed by atoms with Crippen LogP contribution in [0.2, 0.25) is 0 Å². The van der Waals surface area contributed by atoms with Gasteiger partial charge in [0.25, 0.3) is 5.91 Å². The Labute approximate surface area is 228 Å². The smallest absolute Gasteiger partial charge is 0.404 e. The van der Waals surface area contributed by atoms with Crippen molar-refractivity contribution >= 4 is 30.1 Å². The van der Waals surface area contributed by atoms with Gasteiger partial charge < -0.3 is 26.3 Å². The van der Waals surface area contributed by atoms with E-state index in [1.165, 1.54) is 17.1 Å². The Bertz CT molecular complexity index is 1160. The molecule has 0 radical (unpaired) electrons. The van der Waals surface area contributed by atoms with E-state index in [2.05, 4.69) is 15.7 Å². The molecule has 4 aliphatic carbocycles. The molecule has 12 nitrogen and oxygen atoms in total. The third-order valence-electron chi connectivity index (χ3n) is 8.08. The van der Waals surface area contributed by atoms with Crippen molar-refractivity contribution in [3.05, 3.63) is 17.8 Å². The number of hydrogen-bond acceptors (Lipinski definition) is 7. The van der Waals surface area contributed by atoms with Crippen LogP contribution in [0.3, 0.4) is 0 Å². The number of primary amides is 2. The molecule has 0 aliphatic heterocycles. The molecule has 4 fully saturated rings. The highest BCUT2D eigenvalue weighted by Gasteiger charge is 2.58. The van der Waals surface area contributed by atoms with Gasteiger partial charge in [0.1, 0.15) is 5.56 Å². The Balaban J connectivity index is 1.56. The Hall–Kier alpha value is -3.57. The molecule has 2 unspecified atom stereocenters. The minimum atomic E-state index is -1.08. The van der Waals surface area contributed by atoms with Gasteiger partial charge in [0.05, 0.1) is 24.8 Å². The average Bonchev–Trinajstić information content (AvgIpc) is 3.21. The van der Waals surface area contributed by atoms with Gasteiger partial charge in [-0.2, -0.15) is 5.10 Å². The van der Waals surface area contributed by atoms with E-state index in [-0.39, 0.29) is 35.3 Å². The maximum atomic E-state index is 13.7. The third-order valence-corrected chi connectivity index (χ3v) is 8.08. The fraction of sp³-hybridized carbons (Fsp3) is 0.667. The number of urea groups is 1. The van der Waals surface area contributed by atoms with Crippen LogP contribution in [0.25, 0.3) is 6.20 Å². The summed E-state index contributed by atoms with van der Waals surface area (Å²) in [7, 11) is 0. The molecule has 2 atom stereocenters. The minimum Gasteiger partial charge on any atom is -0.477 e. The zero-order valence-corrected chi connectivity index (χ0v) is 23.1. The first-order valence-electron chi connectivity index (χ1n) is 13.5. The van der Waals surface area contributed by atoms with Gasteiger partial charge in [-0.3, -0.25) is 14.9 Å². The predicted molar refractivity (Wildman–Crippen MR) is 142 cm³/mol. The second kappa shape index (κ2) is 10.5.